The van der Waals surface area contributed by atoms with Crippen LogP contribution in [0.3, 0.4) is 0 Å². The molecule has 2 aromatic rings. The van der Waals surface area contributed by atoms with Crippen LogP contribution >= 0.6 is 0 Å². The molecule has 0 saturated heterocycles. The molecule has 0 aromatic heterocycles. The third kappa shape index (κ3) is 2.60. The van der Waals surface area contributed by atoms with Crippen molar-refractivity contribution < 1.29 is 9.50 Å². The van der Waals surface area contributed by atoms with Gasteiger partial charge in [-0.1, -0.05) is 54.6 Å². The molecule has 0 atom stereocenters. The molecule has 0 bridgehead atoms. The van der Waals surface area contributed by atoms with E-state index in [1.807, 2.05) is 30.3 Å². The molecule has 86 valence electrons. The number of halogens is 1. The summed E-state index contributed by atoms with van der Waals surface area (Å²) in [5.74, 6) is -0.281. The van der Waals surface area contributed by atoms with E-state index in [9.17, 15) is 4.39 Å². The summed E-state index contributed by atoms with van der Waals surface area (Å²) in [6, 6.07) is 16.0. The molecule has 0 heterocycles. The number of benzene rings is 2. The highest BCUT2D eigenvalue weighted by Crippen LogP contribution is 2.25. The van der Waals surface area contributed by atoms with Crippen molar-refractivity contribution in [1.29, 1.82) is 0 Å². The minimum Gasteiger partial charge on any atom is -0.392 e. The third-order valence-electron chi connectivity index (χ3n) is 2.54. The molecule has 2 aromatic carbocycles. The molecule has 17 heavy (non-hydrogen) atoms. The number of rotatable bonds is 3. The molecule has 0 aliphatic carbocycles. The van der Waals surface area contributed by atoms with Gasteiger partial charge in [0, 0.05) is 5.56 Å². The molecule has 0 saturated carbocycles. The summed E-state index contributed by atoms with van der Waals surface area (Å²) in [6.07, 6.45) is 1.62. The lowest BCUT2D eigenvalue weighted by Gasteiger charge is -2.09. The molecule has 2 rings (SSSR count). The molecule has 0 aliphatic heterocycles. The Morgan fingerprint density at radius 2 is 1.65 bits per heavy atom. The smallest absolute Gasteiger partial charge is 0.131 e. The van der Waals surface area contributed by atoms with Crippen LogP contribution in [0.5, 0.6) is 0 Å². The van der Waals surface area contributed by atoms with Crippen LogP contribution in [-0.4, -0.2) is 11.7 Å². The van der Waals surface area contributed by atoms with E-state index in [4.69, 9.17) is 5.11 Å². The molecule has 0 aliphatic rings. The maximum absolute atomic E-state index is 13.7. The van der Waals surface area contributed by atoms with Crippen molar-refractivity contribution in [3.8, 4) is 0 Å². The van der Waals surface area contributed by atoms with Crippen LogP contribution in [0.25, 0.3) is 5.57 Å². The Bertz CT molecular complexity index is 517. The minimum atomic E-state index is -0.281. The van der Waals surface area contributed by atoms with Gasteiger partial charge >= 0.3 is 0 Å². The highest BCUT2D eigenvalue weighted by molar-refractivity contribution is 5.80. The Hall–Kier alpha value is -1.93. The van der Waals surface area contributed by atoms with E-state index < -0.39 is 0 Å². The number of hydrogen-bond donors (Lipinski definition) is 1. The molecule has 1 nitrogen and oxygen atoms in total. The van der Waals surface area contributed by atoms with Crippen molar-refractivity contribution in [3.63, 3.8) is 0 Å². The van der Waals surface area contributed by atoms with Crippen molar-refractivity contribution in [1.82, 2.24) is 0 Å². The van der Waals surface area contributed by atoms with Crippen molar-refractivity contribution in [2.75, 3.05) is 6.61 Å². The normalized spacial score (nSPS) is 11.5. The van der Waals surface area contributed by atoms with E-state index in [-0.39, 0.29) is 12.4 Å². The lowest BCUT2D eigenvalue weighted by atomic mass is 9.97. The maximum atomic E-state index is 13.7. The highest BCUT2D eigenvalue weighted by Gasteiger charge is 2.08. The van der Waals surface area contributed by atoms with Crippen molar-refractivity contribution in [3.05, 3.63) is 77.6 Å². The second-order valence-electron chi connectivity index (χ2n) is 3.65. The monoisotopic (exact) mass is 228 g/mol. The van der Waals surface area contributed by atoms with Crippen molar-refractivity contribution in [2.45, 2.75) is 0 Å². The van der Waals surface area contributed by atoms with Gasteiger partial charge in [-0.3, -0.25) is 0 Å². The van der Waals surface area contributed by atoms with Gasteiger partial charge in [-0.15, -0.1) is 0 Å². The third-order valence-corrected chi connectivity index (χ3v) is 2.54. The highest BCUT2D eigenvalue weighted by atomic mass is 19.1. The summed E-state index contributed by atoms with van der Waals surface area (Å²) in [5, 5.41) is 9.05. The zero-order valence-corrected chi connectivity index (χ0v) is 9.31. The Morgan fingerprint density at radius 3 is 2.29 bits per heavy atom. The van der Waals surface area contributed by atoms with E-state index in [2.05, 4.69) is 0 Å². The predicted octanol–water partition coefficient (Wildman–Crippen LogP) is 3.25. The molecule has 1 N–H and O–H groups in total. The lowest BCUT2D eigenvalue weighted by molar-refractivity contribution is 0.343. The lowest BCUT2D eigenvalue weighted by Crippen LogP contribution is -1.93. The van der Waals surface area contributed by atoms with E-state index in [0.717, 1.165) is 5.56 Å². The molecule has 2 heteroatoms. The van der Waals surface area contributed by atoms with Gasteiger partial charge < -0.3 is 5.11 Å². The summed E-state index contributed by atoms with van der Waals surface area (Å²) in [6.45, 7) is -0.113. The Morgan fingerprint density at radius 1 is 1.00 bits per heavy atom. The zero-order chi connectivity index (χ0) is 12.1. The SMILES string of the molecule is OC/C=C(\c1ccccc1)c1ccccc1F. The number of aliphatic hydroxyl groups excluding tert-OH is 1. The largest absolute Gasteiger partial charge is 0.392 e. The average molecular weight is 228 g/mol. The fraction of sp³-hybridized carbons (Fsp3) is 0.0667. The van der Waals surface area contributed by atoms with Crippen LogP contribution in [0.2, 0.25) is 0 Å². The Labute approximate surface area is 99.9 Å². The van der Waals surface area contributed by atoms with Crippen LogP contribution < -0.4 is 0 Å². The summed E-state index contributed by atoms with van der Waals surface area (Å²) in [4.78, 5) is 0. The van der Waals surface area contributed by atoms with Crippen LogP contribution in [0, 0.1) is 5.82 Å². The standard InChI is InChI=1S/C15H13FO/c16-15-9-5-4-8-14(15)13(10-11-17)12-6-2-1-3-7-12/h1-10,17H,11H2/b13-10+. The number of hydrogen-bond acceptors (Lipinski definition) is 1. The van der Waals surface area contributed by atoms with E-state index in [1.165, 1.54) is 6.07 Å². The molecular formula is C15H13FO. The fourth-order valence-electron chi connectivity index (χ4n) is 1.77. The van der Waals surface area contributed by atoms with Crippen LogP contribution in [-0.2, 0) is 0 Å². The summed E-state index contributed by atoms with van der Waals surface area (Å²) in [7, 11) is 0. The minimum absolute atomic E-state index is 0.113. The van der Waals surface area contributed by atoms with Gasteiger partial charge in [0.05, 0.1) is 6.61 Å². The fourth-order valence-corrected chi connectivity index (χ4v) is 1.77. The predicted molar refractivity (Wildman–Crippen MR) is 67.0 cm³/mol. The van der Waals surface area contributed by atoms with Gasteiger partial charge in [-0.25, -0.2) is 4.39 Å². The van der Waals surface area contributed by atoms with Gasteiger partial charge in [-0.2, -0.15) is 0 Å². The van der Waals surface area contributed by atoms with Crippen LogP contribution in [0.4, 0.5) is 4.39 Å². The van der Waals surface area contributed by atoms with E-state index >= 15 is 0 Å². The summed E-state index contributed by atoms with van der Waals surface area (Å²) >= 11 is 0. The second kappa shape index (κ2) is 5.41. The Kier molecular flexibility index (Phi) is 3.68. The first kappa shape index (κ1) is 11.6. The van der Waals surface area contributed by atoms with Crippen molar-refractivity contribution >= 4 is 5.57 Å². The first-order valence-electron chi connectivity index (χ1n) is 5.44. The van der Waals surface area contributed by atoms with E-state index in [1.54, 1.807) is 24.3 Å². The number of aliphatic hydroxyl groups is 1. The van der Waals surface area contributed by atoms with E-state index in [0.29, 0.717) is 11.1 Å². The van der Waals surface area contributed by atoms with Crippen molar-refractivity contribution in [2.24, 2.45) is 0 Å². The quantitative estimate of drug-likeness (QED) is 0.855. The molecule has 0 amide bonds. The van der Waals surface area contributed by atoms with Gasteiger partial charge in [0.2, 0.25) is 0 Å². The van der Waals surface area contributed by atoms with Gasteiger partial charge in [0.15, 0.2) is 0 Å². The first-order valence-corrected chi connectivity index (χ1v) is 5.44. The molecule has 0 radical (unpaired) electrons. The summed E-state index contributed by atoms with van der Waals surface area (Å²) < 4.78 is 13.7. The molecule has 0 unspecified atom stereocenters. The summed E-state index contributed by atoms with van der Waals surface area (Å²) in [5.41, 5.74) is 2.12. The first-order chi connectivity index (χ1) is 8.33. The van der Waals surface area contributed by atoms with Gasteiger partial charge in [0.25, 0.3) is 0 Å². The van der Waals surface area contributed by atoms with Gasteiger partial charge in [0.1, 0.15) is 5.82 Å². The average Bonchev–Trinajstić information content (AvgIpc) is 2.38. The van der Waals surface area contributed by atoms with Crippen LogP contribution in [0.1, 0.15) is 11.1 Å². The molecule has 0 spiro atoms. The maximum Gasteiger partial charge on any atom is 0.131 e. The van der Waals surface area contributed by atoms with Gasteiger partial charge in [-0.05, 0) is 17.2 Å². The molecular weight excluding hydrogens is 215 g/mol. The topological polar surface area (TPSA) is 20.2 Å². The molecule has 0 fully saturated rings. The second-order valence-corrected chi connectivity index (χ2v) is 3.65. The Balaban J connectivity index is 2.52. The zero-order valence-electron chi connectivity index (χ0n) is 9.31. The van der Waals surface area contributed by atoms with Crippen LogP contribution in [0.15, 0.2) is 60.7 Å².